The van der Waals surface area contributed by atoms with Gasteiger partial charge in [0.2, 0.25) is 0 Å². The Hall–Kier alpha value is -2.34. The van der Waals surface area contributed by atoms with Crippen molar-refractivity contribution in [3.05, 3.63) is 0 Å². The van der Waals surface area contributed by atoms with Crippen LogP contribution in [0.4, 0.5) is 9.59 Å². The van der Waals surface area contributed by atoms with Crippen molar-refractivity contribution in [3.63, 3.8) is 0 Å². The van der Waals surface area contributed by atoms with Gasteiger partial charge in [-0.15, -0.1) is 12.8 Å². The number of urea groups is 2. The highest BCUT2D eigenvalue weighted by Gasteiger charge is 2.25. The second-order valence-corrected chi connectivity index (χ2v) is 7.04. The van der Waals surface area contributed by atoms with Crippen molar-refractivity contribution < 1.29 is 9.59 Å². The minimum absolute atomic E-state index is 0.219. The molecule has 6 heteroatoms. The number of amides is 4. The molecule has 6 nitrogen and oxygen atoms in total. The van der Waals surface area contributed by atoms with Crippen molar-refractivity contribution in [1.29, 1.82) is 0 Å². The topological polar surface area (TPSA) is 82.3 Å². The summed E-state index contributed by atoms with van der Waals surface area (Å²) in [5, 5.41) is 11.5. The van der Waals surface area contributed by atoms with Crippen molar-refractivity contribution in [2.45, 2.75) is 90.1 Å². The molecule has 0 spiro atoms. The molecule has 0 aromatic carbocycles. The number of nitrogens with one attached hydrogen (secondary N) is 4. The monoisotopic (exact) mass is 390 g/mol. The van der Waals surface area contributed by atoms with Crippen LogP contribution < -0.4 is 21.3 Å². The molecule has 0 aromatic heterocycles. The normalized spacial score (nSPS) is 11.1. The number of carbonyl (C=O) groups excluding carboxylic acids is 2. The van der Waals surface area contributed by atoms with E-state index < -0.39 is 11.1 Å². The molecule has 0 radical (unpaired) electrons. The molecule has 0 atom stereocenters. The Morgan fingerprint density at radius 1 is 0.679 bits per heavy atom. The minimum atomic E-state index is -0.567. The van der Waals surface area contributed by atoms with Crippen molar-refractivity contribution in [2.24, 2.45) is 0 Å². The van der Waals surface area contributed by atoms with Crippen LogP contribution in [0.15, 0.2) is 0 Å². The number of terminal acetylenes is 2. The fourth-order valence-corrected chi connectivity index (χ4v) is 2.86. The minimum Gasteiger partial charge on any atom is -0.338 e. The van der Waals surface area contributed by atoms with Crippen LogP contribution in [0.5, 0.6) is 0 Å². The van der Waals surface area contributed by atoms with Crippen molar-refractivity contribution in [3.8, 4) is 24.7 Å². The van der Waals surface area contributed by atoms with E-state index in [1.807, 2.05) is 27.7 Å². The predicted octanol–water partition coefficient (Wildman–Crippen LogP) is 3.53. The zero-order chi connectivity index (χ0) is 21.5. The lowest BCUT2D eigenvalue weighted by Gasteiger charge is -2.27. The van der Waals surface area contributed by atoms with Crippen LogP contribution in [0, 0.1) is 24.7 Å². The van der Waals surface area contributed by atoms with Crippen LogP contribution in [-0.4, -0.2) is 36.2 Å². The Morgan fingerprint density at radius 2 is 1.00 bits per heavy atom. The lowest BCUT2D eigenvalue weighted by atomic mass is 9.94. The van der Waals surface area contributed by atoms with E-state index in [4.69, 9.17) is 12.8 Å². The fraction of sp³-hybridized carbons (Fsp3) is 0.727. The lowest BCUT2D eigenvalue weighted by Crippen LogP contribution is -2.50. The number of rotatable bonds is 13. The molecule has 4 N–H and O–H groups in total. The second kappa shape index (κ2) is 13.8. The van der Waals surface area contributed by atoms with Crippen LogP contribution in [0.3, 0.4) is 0 Å². The molecule has 0 rings (SSSR count). The molecule has 0 aliphatic carbocycles. The van der Waals surface area contributed by atoms with Crippen LogP contribution in [-0.2, 0) is 0 Å². The van der Waals surface area contributed by atoms with E-state index in [0.29, 0.717) is 38.8 Å². The summed E-state index contributed by atoms with van der Waals surface area (Å²) in [4.78, 5) is 23.9. The highest BCUT2D eigenvalue weighted by Crippen LogP contribution is 2.14. The molecule has 0 saturated heterocycles. The van der Waals surface area contributed by atoms with Gasteiger partial charge in [-0.2, -0.15) is 0 Å². The van der Waals surface area contributed by atoms with Crippen molar-refractivity contribution in [2.75, 3.05) is 13.1 Å². The van der Waals surface area contributed by atoms with Crippen LogP contribution >= 0.6 is 0 Å². The molecule has 0 aromatic rings. The van der Waals surface area contributed by atoms with Gasteiger partial charge in [-0.3, -0.25) is 0 Å². The molecule has 158 valence electrons. The summed E-state index contributed by atoms with van der Waals surface area (Å²) in [5.41, 5.74) is -1.13. The van der Waals surface area contributed by atoms with E-state index in [0.717, 1.165) is 25.7 Å². The summed E-state index contributed by atoms with van der Waals surface area (Å²) < 4.78 is 0. The molecule has 0 saturated carbocycles. The maximum absolute atomic E-state index is 11.9. The van der Waals surface area contributed by atoms with Gasteiger partial charge in [0.05, 0.1) is 0 Å². The van der Waals surface area contributed by atoms with Gasteiger partial charge >= 0.3 is 12.1 Å². The smallest absolute Gasteiger partial charge is 0.315 e. The zero-order valence-electron chi connectivity index (χ0n) is 18.0. The largest absolute Gasteiger partial charge is 0.338 e. The highest BCUT2D eigenvalue weighted by atomic mass is 16.2. The first-order valence-corrected chi connectivity index (χ1v) is 10.4. The van der Waals surface area contributed by atoms with Gasteiger partial charge in [-0.05, 0) is 38.5 Å². The summed E-state index contributed by atoms with van der Waals surface area (Å²) in [7, 11) is 0. The maximum atomic E-state index is 11.9. The quantitative estimate of drug-likeness (QED) is 0.287. The lowest BCUT2D eigenvalue weighted by molar-refractivity contribution is 0.229. The first-order chi connectivity index (χ1) is 13.4. The first kappa shape index (κ1) is 25.7. The van der Waals surface area contributed by atoms with Gasteiger partial charge in [0.15, 0.2) is 0 Å². The SMILES string of the molecule is C#CC(CC)(CC)NC(=O)NCCCCCCNC(=O)NC(C#C)(CC)CC. The van der Waals surface area contributed by atoms with E-state index >= 15 is 0 Å². The third-order valence-electron chi connectivity index (χ3n) is 5.35. The van der Waals surface area contributed by atoms with E-state index in [9.17, 15) is 9.59 Å². The molecule has 28 heavy (non-hydrogen) atoms. The number of unbranched alkanes of at least 4 members (excludes halogenated alkanes) is 3. The Kier molecular flexibility index (Phi) is 12.6. The van der Waals surface area contributed by atoms with E-state index in [1.165, 1.54) is 0 Å². The van der Waals surface area contributed by atoms with Gasteiger partial charge in [-0.1, -0.05) is 52.4 Å². The number of hydrogen-bond acceptors (Lipinski definition) is 2. The third kappa shape index (κ3) is 9.04. The first-order valence-electron chi connectivity index (χ1n) is 10.4. The molecular formula is C22H38N4O2. The molecule has 0 fully saturated rings. The second-order valence-electron chi connectivity index (χ2n) is 7.04. The van der Waals surface area contributed by atoms with Crippen LogP contribution in [0.25, 0.3) is 0 Å². The van der Waals surface area contributed by atoms with Gasteiger partial charge in [0, 0.05) is 13.1 Å². The number of hydrogen-bond donors (Lipinski definition) is 4. The van der Waals surface area contributed by atoms with Crippen LogP contribution in [0.1, 0.15) is 79.1 Å². The summed E-state index contributed by atoms with van der Waals surface area (Å²) in [5.74, 6) is 5.36. The third-order valence-corrected chi connectivity index (χ3v) is 5.35. The summed E-state index contributed by atoms with van der Waals surface area (Å²) in [6, 6.07) is -0.437. The van der Waals surface area contributed by atoms with E-state index in [-0.39, 0.29) is 12.1 Å². The molecular weight excluding hydrogens is 352 g/mol. The zero-order valence-corrected chi connectivity index (χ0v) is 18.0. The average Bonchev–Trinajstić information content (AvgIpc) is 2.72. The molecule has 0 aliphatic heterocycles. The van der Waals surface area contributed by atoms with Crippen molar-refractivity contribution >= 4 is 12.1 Å². The maximum Gasteiger partial charge on any atom is 0.315 e. The summed E-state index contributed by atoms with van der Waals surface area (Å²) >= 11 is 0. The fourth-order valence-electron chi connectivity index (χ4n) is 2.86. The van der Waals surface area contributed by atoms with Gasteiger partial charge in [0.1, 0.15) is 11.1 Å². The molecule has 0 bridgehead atoms. The number of carbonyl (C=O) groups is 2. The Morgan fingerprint density at radius 3 is 1.25 bits per heavy atom. The average molecular weight is 391 g/mol. The van der Waals surface area contributed by atoms with E-state index in [2.05, 4.69) is 33.1 Å². The van der Waals surface area contributed by atoms with Gasteiger partial charge in [-0.25, -0.2) is 9.59 Å². The predicted molar refractivity (Wildman–Crippen MR) is 116 cm³/mol. The van der Waals surface area contributed by atoms with Crippen LogP contribution in [0.2, 0.25) is 0 Å². The standard InChI is InChI=1S/C22H38N4O2/c1-7-21(8-2,9-3)25-19(27)23-17-15-13-14-16-18-24-20(28)26-22(10-4,11-5)12-6/h1,4H,8-9,11-18H2,2-3,5-6H3,(H2,23,25,27)(H2,24,26,28). The van der Waals surface area contributed by atoms with Gasteiger partial charge in [0.25, 0.3) is 0 Å². The Balaban J connectivity index is 3.86. The molecule has 0 aliphatic rings. The summed E-state index contributed by atoms with van der Waals surface area (Å²) in [6.45, 7) is 9.07. The summed E-state index contributed by atoms with van der Waals surface area (Å²) in [6.07, 6.45) is 17.6. The van der Waals surface area contributed by atoms with Crippen molar-refractivity contribution in [1.82, 2.24) is 21.3 Å². The Bertz CT molecular complexity index is 502. The molecule has 0 heterocycles. The molecule has 4 amide bonds. The highest BCUT2D eigenvalue weighted by molar-refractivity contribution is 5.75. The van der Waals surface area contributed by atoms with E-state index in [1.54, 1.807) is 0 Å². The Labute approximate surface area is 171 Å². The van der Waals surface area contributed by atoms with Gasteiger partial charge < -0.3 is 21.3 Å². The molecule has 0 unspecified atom stereocenters.